The highest BCUT2D eigenvalue weighted by Crippen LogP contribution is 2.43. The van der Waals surface area contributed by atoms with Crippen molar-refractivity contribution in [3.05, 3.63) is 84.6 Å². The first-order valence-electron chi connectivity index (χ1n) is 18.6. The number of anilines is 2. The molecule has 2 aliphatic carbocycles. The molecule has 1 saturated carbocycles. The average molecular weight is 715 g/mol. The van der Waals surface area contributed by atoms with Gasteiger partial charge in [0.15, 0.2) is 11.5 Å². The molecule has 11 heteroatoms. The molecule has 3 N–H and O–H groups in total. The summed E-state index contributed by atoms with van der Waals surface area (Å²) in [5, 5.41) is 3.24. The van der Waals surface area contributed by atoms with E-state index in [1.165, 1.54) is 0 Å². The van der Waals surface area contributed by atoms with Crippen LogP contribution in [0.1, 0.15) is 66.7 Å². The number of allylic oxidation sites excluding steroid dienone is 5. The van der Waals surface area contributed by atoms with Gasteiger partial charge in [-0.25, -0.2) is 19.7 Å². The fraction of sp³-hybridized carbons (Fsp3) is 0.405. The van der Waals surface area contributed by atoms with Gasteiger partial charge in [-0.15, -0.1) is 0 Å². The summed E-state index contributed by atoms with van der Waals surface area (Å²) in [4.78, 5) is 44.1. The molecule has 0 radical (unpaired) electrons. The Labute approximate surface area is 311 Å². The van der Waals surface area contributed by atoms with Gasteiger partial charge < -0.3 is 25.6 Å². The van der Waals surface area contributed by atoms with E-state index in [0.717, 1.165) is 78.9 Å². The summed E-state index contributed by atoms with van der Waals surface area (Å²) in [5.74, 6) is 1.16. The van der Waals surface area contributed by atoms with Gasteiger partial charge in [-0.3, -0.25) is 9.36 Å². The smallest absolute Gasteiger partial charge is 0.408 e. The normalized spacial score (nSPS) is 19.8. The minimum atomic E-state index is -0.588. The van der Waals surface area contributed by atoms with Crippen molar-refractivity contribution in [3.8, 4) is 22.6 Å². The Morgan fingerprint density at radius 1 is 1.06 bits per heavy atom. The molecule has 2 amide bonds. The van der Waals surface area contributed by atoms with E-state index < -0.39 is 17.2 Å². The quantitative estimate of drug-likeness (QED) is 0.200. The number of imidazole rings is 1. The van der Waals surface area contributed by atoms with Gasteiger partial charge in [0.1, 0.15) is 16.9 Å². The maximum absolute atomic E-state index is 13.0. The highest BCUT2D eigenvalue weighted by atomic mass is 16.6. The van der Waals surface area contributed by atoms with Gasteiger partial charge >= 0.3 is 6.09 Å². The summed E-state index contributed by atoms with van der Waals surface area (Å²) in [6.45, 7) is 11.2. The third-order valence-electron chi connectivity index (χ3n) is 10.8. The Balaban J connectivity index is 1.29. The number of likely N-dealkylation sites (N-methyl/N-ethyl adjacent to an activating group) is 1. The van der Waals surface area contributed by atoms with Crippen LogP contribution >= 0.6 is 0 Å². The molecule has 1 aliphatic heterocycles. The number of hydrogen-bond acceptors (Lipinski definition) is 8. The number of piperidine rings is 1. The molecule has 7 rings (SSSR count). The summed E-state index contributed by atoms with van der Waals surface area (Å²) < 4.78 is 7.73. The third kappa shape index (κ3) is 7.29. The number of fused-ring (bicyclic) bond motifs is 1. The predicted octanol–water partition coefficient (Wildman–Crippen LogP) is 7.61. The summed E-state index contributed by atoms with van der Waals surface area (Å²) in [5.41, 5.74) is 12.4. The Morgan fingerprint density at radius 3 is 2.58 bits per heavy atom. The van der Waals surface area contributed by atoms with Crippen molar-refractivity contribution in [2.45, 2.75) is 83.9 Å². The van der Waals surface area contributed by atoms with Crippen LogP contribution in [-0.2, 0) is 9.53 Å². The number of alkyl carbamates (subject to hydrolysis) is 1. The number of benzene rings is 1. The minimum Gasteiger partial charge on any atom is -0.444 e. The molecule has 1 saturated heterocycles. The van der Waals surface area contributed by atoms with E-state index in [4.69, 9.17) is 20.4 Å². The Hall–Kier alpha value is -5.45. The highest BCUT2D eigenvalue weighted by Gasteiger charge is 2.44. The van der Waals surface area contributed by atoms with Crippen molar-refractivity contribution in [2.24, 2.45) is 5.92 Å². The molecule has 3 aliphatic rings. The molecular weight excluding hydrogens is 665 g/mol. The van der Waals surface area contributed by atoms with E-state index in [1.807, 2.05) is 57.0 Å². The first kappa shape index (κ1) is 35.9. The van der Waals surface area contributed by atoms with E-state index >= 15 is 0 Å². The zero-order chi connectivity index (χ0) is 37.5. The highest BCUT2D eigenvalue weighted by molar-refractivity contribution is 5.88. The number of hydrogen-bond donors (Lipinski definition) is 2. The van der Waals surface area contributed by atoms with Gasteiger partial charge in [-0.2, -0.15) is 0 Å². The fourth-order valence-corrected chi connectivity index (χ4v) is 7.76. The SMILES string of the molecule is CC(=O)N(C)C1CCCN(c2cccc(-c3ccc4nc(-c5cccnc5N)n(C5=CC=C(C6(NC(=O)OC(C)(C)C)CCC6)C(C)C=C5)c4n3)c2)C1. The van der Waals surface area contributed by atoms with Gasteiger partial charge in [0.2, 0.25) is 5.91 Å². The van der Waals surface area contributed by atoms with Crippen molar-refractivity contribution in [1.29, 1.82) is 0 Å². The second-order valence-electron chi connectivity index (χ2n) is 15.6. The Morgan fingerprint density at radius 2 is 1.87 bits per heavy atom. The first-order chi connectivity index (χ1) is 25.3. The van der Waals surface area contributed by atoms with Crippen LogP contribution < -0.4 is 16.0 Å². The number of ether oxygens (including phenoxy) is 1. The first-order valence-corrected chi connectivity index (χ1v) is 18.6. The molecule has 53 heavy (non-hydrogen) atoms. The molecule has 2 atom stereocenters. The maximum Gasteiger partial charge on any atom is 0.408 e. The zero-order valence-corrected chi connectivity index (χ0v) is 31.6. The number of carbonyl (C=O) groups is 2. The van der Waals surface area contributed by atoms with Gasteiger partial charge in [0.05, 0.1) is 16.8 Å². The van der Waals surface area contributed by atoms with E-state index in [2.05, 4.69) is 75.3 Å². The molecular formula is C42H50N8O3. The number of aromatic nitrogens is 4. The second-order valence-corrected chi connectivity index (χ2v) is 15.6. The lowest BCUT2D eigenvalue weighted by Gasteiger charge is -2.46. The summed E-state index contributed by atoms with van der Waals surface area (Å²) in [7, 11) is 1.89. The predicted molar refractivity (Wildman–Crippen MR) is 211 cm³/mol. The van der Waals surface area contributed by atoms with Crippen LogP contribution in [-0.4, -0.2) is 73.7 Å². The van der Waals surface area contributed by atoms with E-state index in [-0.39, 0.29) is 17.9 Å². The van der Waals surface area contributed by atoms with Crippen molar-refractivity contribution in [1.82, 2.24) is 29.7 Å². The summed E-state index contributed by atoms with van der Waals surface area (Å²) in [6, 6.07) is 16.5. The Kier molecular flexibility index (Phi) is 9.61. The van der Waals surface area contributed by atoms with Crippen LogP contribution in [0.4, 0.5) is 16.3 Å². The molecule has 0 spiro atoms. The van der Waals surface area contributed by atoms with E-state index in [0.29, 0.717) is 22.9 Å². The van der Waals surface area contributed by atoms with Crippen molar-refractivity contribution < 1.29 is 14.3 Å². The number of nitrogen functional groups attached to an aromatic ring is 1. The maximum atomic E-state index is 13.0. The van der Waals surface area contributed by atoms with Crippen LogP contribution in [0.15, 0.2) is 84.6 Å². The lowest BCUT2D eigenvalue weighted by Crippen LogP contribution is -2.56. The molecule has 1 aromatic carbocycles. The van der Waals surface area contributed by atoms with Crippen LogP contribution in [0.2, 0.25) is 0 Å². The van der Waals surface area contributed by atoms with Crippen molar-refractivity contribution in [3.63, 3.8) is 0 Å². The van der Waals surface area contributed by atoms with Gasteiger partial charge in [0.25, 0.3) is 0 Å². The number of nitrogens with two attached hydrogens (primary N) is 1. The standard InChI is InChI=1S/C42H50N8O3/c1-27-15-16-30(17-18-34(27)42(21-10-22-42)47-40(52)53-41(3,4)5)50-38(33-14-8-23-44-37(33)43)46-36-20-19-35(45-39(36)50)29-11-7-12-31(25-29)49-24-9-13-32(26-49)48(6)28(2)51/h7-8,11-12,14-20,23,25,27,32H,9-10,13,21-22,24,26H2,1-6H3,(H2,43,44)(H,47,52). The average Bonchev–Trinajstić information content (AvgIpc) is 3.38. The molecule has 2 fully saturated rings. The monoisotopic (exact) mass is 714 g/mol. The van der Waals surface area contributed by atoms with Crippen LogP contribution in [0.3, 0.4) is 0 Å². The topological polar surface area (TPSA) is 132 Å². The number of carbonyl (C=O) groups excluding carboxylic acids is 2. The van der Waals surface area contributed by atoms with Gasteiger partial charge in [-0.05, 0) is 113 Å². The van der Waals surface area contributed by atoms with Crippen LogP contribution in [0.25, 0.3) is 39.5 Å². The Bertz CT molecular complexity index is 2140. The van der Waals surface area contributed by atoms with Crippen molar-refractivity contribution in [2.75, 3.05) is 30.8 Å². The second kappa shape index (κ2) is 14.2. The molecule has 0 bridgehead atoms. The van der Waals surface area contributed by atoms with Crippen LogP contribution in [0.5, 0.6) is 0 Å². The zero-order valence-electron chi connectivity index (χ0n) is 31.6. The van der Waals surface area contributed by atoms with Gasteiger partial charge in [0, 0.05) is 56.2 Å². The minimum absolute atomic E-state index is 0.0524. The van der Waals surface area contributed by atoms with E-state index in [9.17, 15) is 9.59 Å². The van der Waals surface area contributed by atoms with E-state index in [1.54, 1.807) is 13.1 Å². The number of rotatable bonds is 7. The lowest BCUT2D eigenvalue weighted by molar-refractivity contribution is -0.129. The number of nitrogens with one attached hydrogen (secondary N) is 1. The summed E-state index contributed by atoms with van der Waals surface area (Å²) >= 11 is 0. The molecule has 4 heterocycles. The number of amides is 2. The molecule has 276 valence electrons. The number of nitrogens with zero attached hydrogens (tertiary/aromatic N) is 6. The molecule has 2 unspecified atom stereocenters. The molecule has 3 aromatic heterocycles. The van der Waals surface area contributed by atoms with Crippen molar-refractivity contribution >= 4 is 40.4 Å². The molecule has 4 aromatic rings. The lowest BCUT2D eigenvalue weighted by atomic mass is 9.68. The van der Waals surface area contributed by atoms with Gasteiger partial charge in [-0.1, -0.05) is 31.2 Å². The van der Waals surface area contributed by atoms with Crippen LogP contribution in [0, 0.1) is 5.92 Å². The largest absolute Gasteiger partial charge is 0.444 e. The number of pyridine rings is 2. The third-order valence-corrected chi connectivity index (χ3v) is 10.8. The molecule has 11 nitrogen and oxygen atoms in total. The summed E-state index contributed by atoms with van der Waals surface area (Å²) in [6.07, 6.45) is 14.5. The fourth-order valence-electron chi connectivity index (χ4n) is 7.76.